The van der Waals surface area contributed by atoms with E-state index in [1.807, 2.05) is 19.2 Å². The molecule has 2 nitrogen and oxygen atoms in total. The van der Waals surface area contributed by atoms with Crippen molar-refractivity contribution in [3.8, 4) is 0 Å². The maximum absolute atomic E-state index is 11.6. The first kappa shape index (κ1) is 12.2. The van der Waals surface area contributed by atoms with Crippen LogP contribution in [-0.4, -0.2) is 23.2 Å². The van der Waals surface area contributed by atoms with Crippen LogP contribution in [0.1, 0.15) is 17.5 Å². The van der Waals surface area contributed by atoms with Crippen LogP contribution >= 0.6 is 15.9 Å². The predicted molar refractivity (Wildman–Crippen MR) is 66.1 cm³/mol. The van der Waals surface area contributed by atoms with Crippen LogP contribution in [0.4, 0.5) is 0 Å². The van der Waals surface area contributed by atoms with E-state index < -0.39 is 0 Å². The second-order valence-electron chi connectivity index (χ2n) is 3.62. The van der Waals surface area contributed by atoms with Gasteiger partial charge < -0.3 is 4.90 Å². The first-order valence-corrected chi connectivity index (χ1v) is 6.11. The molecule has 1 aromatic rings. The van der Waals surface area contributed by atoms with Crippen LogP contribution in [0.15, 0.2) is 24.3 Å². The molecule has 0 fully saturated rings. The summed E-state index contributed by atoms with van der Waals surface area (Å²) in [5.74, 6) is 0.176. The van der Waals surface area contributed by atoms with Crippen LogP contribution < -0.4 is 0 Å². The van der Waals surface area contributed by atoms with Crippen LogP contribution in [0.5, 0.6) is 0 Å². The highest BCUT2D eigenvalue weighted by Gasteiger charge is 2.08. The van der Waals surface area contributed by atoms with Crippen LogP contribution in [0.2, 0.25) is 0 Å². The number of aryl methyl sites for hydroxylation is 1. The molecule has 0 aliphatic heterocycles. The molecule has 15 heavy (non-hydrogen) atoms. The Kier molecular flexibility index (Phi) is 4.82. The molecule has 0 aliphatic carbocycles. The van der Waals surface area contributed by atoms with Crippen molar-refractivity contribution in [2.45, 2.75) is 19.9 Å². The molecule has 0 saturated heterocycles. The molecular weight excluding hydrogens is 254 g/mol. The Labute approximate surface area is 99.4 Å². The summed E-state index contributed by atoms with van der Waals surface area (Å²) in [5.41, 5.74) is 2.44. The molecule has 82 valence electrons. The lowest BCUT2D eigenvalue weighted by Crippen LogP contribution is -2.26. The topological polar surface area (TPSA) is 20.3 Å². The van der Waals surface area contributed by atoms with Gasteiger partial charge in [-0.1, -0.05) is 40.2 Å². The van der Waals surface area contributed by atoms with Gasteiger partial charge in [-0.3, -0.25) is 4.79 Å². The van der Waals surface area contributed by atoms with Gasteiger partial charge in [0.15, 0.2) is 0 Å². The van der Waals surface area contributed by atoms with E-state index in [0.717, 1.165) is 5.33 Å². The summed E-state index contributed by atoms with van der Waals surface area (Å²) >= 11 is 3.27. The van der Waals surface area contributed by atoms with Crippen molar-refractivity contribution in [2.24, 2.45) is 0 Å². The van der Waals surface area contributed by atoms with Gasteiger partial charge in [0.2, 0.25) is 5.91 Å². The van der Waals surface area contributed by atoms with E-state index in [4.69, 9.17) is 0 Å². The number of carbonyl (C=O) groups excluding carboxylic acids is 1. The Bertz CT molecular complexity index is 338. The fourth-order valence-corrected chi connectivity index (χ4v) is 1.74. The van der Waals surface area contributed by atoms with Gasteiger partial charge in [0.05, 0.1) is 0 Å². The van der Waals surface area contributed by atoms with Crippen molar-refractivity contribution in [1.29, 1.82) is 0 Å². The molecular formula is C12H16BrNO. The minimum atomic E-state index is 0.176. The van der Waals surface area contributed by atoms with Crippen LogP contribution in [0.25, 0.3) is 0 Å². The average molecular weight is 270 g/mol. The summed E-state index contributed by atoms with van der Waals surface area (Å²) < 4.78 is 0. The fraction of sp³-hybridized carbons (Fsp3) is 0.417. The molecule has 1 rings (SSSR count). The molecule has 0 N–H and O–H groups in total. The summed E-state index contributed by atoms with van der Waals surface area (Å²) in [5, 5.41) is 0.726. The first-order chi connectivity index (χ1) is 7.15. The lowest BCUT2D eigenvalue weighted by atomic mass is 10.1. The molecule has 0 saturated carbocycles. The van der Waals surface area contributed by atoms with Crippen molar-refractivity contribution < 1.29 is 4.79 Å². The van der Waals surface area contributed by atoms with E-state index >= 15 is 0 Å². The van der Waals surface area contributed by atoms with E-state index in [-0.39, 0.29) is 5.91 Å². The van der Waals surface area contributed by atoms with E-state index in [1.54, 1.807) is 4.90 Å². The minimum Gasteiger partial charge on any atom is -0.341 e. The van der Waals surface area contributed by atoms with Gasteiger partial charge in [0, 0.05) is 25.3 Å². The van der Waals surface area contributed by atoms with Gasteiger partial charge in [-0.2, -0.15) is 0 Å². The van der Waals surface area contributed by atoms with E-state index in [1.165, 1.54) is 11.1 Å². The molecule has 0 radical (unpaired) electrons. The fourth-order valence-electron chi connectivity index (χ4n) is 1.40. The summed E-state index contributed by atoms with van der Waals surface area (Å²) in [7, 11) is 1.84. The number of hydrogen-bond donors (Lipinski definition) is 0. The second-order valence-corrected chi connectivity index (χ2v) is 4.41. The molecule has 1 amide bonds. The Morgan fingerprint density at radius 3 is 2.67 bits per heavy atom. The number of halogens is 1. The molecule has 0 bridgehead atoms. The highest BCUT2D eigenvalue weighted by molar-refractivity contribution is 9.09. The van der Waals surface area contributed by atoms with Crippen LogP contribution in [0, 0.1) is 6.92 Å². The molecule has 3 heteroatoms. The van der Waals surface area contributed by atoms with Gasteiger partial charge in [0.25, 0.3) is 0 Å². The number of hydrogen-bond acceptors (Lipinski definition) is 1. The van der Waals surface area contributed by atoms with Gasteiger partial charge in [0.1, 0.15) is 0 Å². The first-order valence-electron chi connectivity index (χ1n) is 4.99. The van der Waals surface area contributed by atoms with Gasteiger partial charge in [-0.05, 0) is 18.1 Å². The van der Waals surface area contributed by atoms with E-state index in [9.17, 15) is 4.79 Å². The average Bonchev–Trinajstić information content (AvgIpc) is 2.21. The molecule has 1 aromatic carbocycles. The van der Waals surface area contributed by atoms with Crippen molar-refractivity contribution in [3.05, 3.63) is 35.4 Å². The normalized spacial score (nSPS) is 10.1. The number of amides is 1. The third-order valence-corrected chi connectivity index (χ3v) is 2.80. The summed E-state index contributed by atoms with van der Waals surface area (Å²) in [6.45, 7) is 2.76. The highest BCUT2D eigenvalue weighted by Crippen LogP contribution is 2.10. The Morgan fingerprint density at radius 1 is 1.40 bits per heavy atom. The van der Waals surface area contributed by atoms with Gasteiger partial charge in [-0.15, -0.1) is 0 Å². The quantitative estimate of drug-likeness (QED) is 0.770. The van der Waals surface area contributed by atoms with Crippen molar-refractivity contribution in [2.75, 3.05) is 12.4 Å². The summed E-state index contributed by atoms with van der Waals surface area (Å²) in [4.78, 5) is 13.3. The molecule has 0 heterocycles. The second kappa shape index (κ2) is 5.91. The maximum Gasteiger partial charge on any atom is 0.223 e. The Balaban J connectivity index is 2.62. The predicted octanol–water partition coefficient (Wildman–Crippen LogP) is 2.74. The number of benzene rings is 1. The van der Waals surface area contributed by atoms with Crippen LogP contribution in [-0.2, 0) is 11.3 Å². The summed E-state index contributed by atoms with van der Waals surface area (Å²) in [6.07, 6.45) is 0.558. The van der Waals surface area contributed by atoms with Gasteiger partial charge >= 0.3 is 0 Å². The number of nitrogens with zero attached hydrogens (tertiary/aromatic N) is 1. The molecule has 0 unspecified atom stereocenters. The third-order valence-electron chi connectivity index (χ3n) is 2.40. The standard InChI is InChI=1S/C12H16BrNO/c1-10-5-3-4-6-11(10)9-14(2)12(15)7-8-13/h3-6H,7-9H2,1-2H3. The molecule has 0 spiro atoms. The summed E-state index contributed by atoms with van der Waals surface area (Å²) in [6, 6.07) is 8.15. The number of rotatable bonds is 4. The Morgan fingerprint density at radius 2 is 2.07 bits per heavy atom. The lowest BCUT2D eigenvalue weighted by Gasteiger charge is -2.17. The van der Waals surface area contributed by atoms with E-state index in [0.29, 0.717) is 13.0 Å². The smallest absolute Gasteiger partial charge is 0.223 e. The van der Waals surface area contributed by atoms with Crippen molar-refractivity contribution in [3.63, 3.8) is 0 Å². The molecule has 0 atom stereocenters. The van der Waals surface area contributed by atoms with Crippen molar-refractivity contribution in [1.82, 2.24) is 4.90 Å². The zero-order chi connectivity index (χ0) is 11.3. The largest absolute Gasteiger partial charge is 0.341 e. The zero-order valence-corrected chi connectivity index (χ0v) is 10.8. The number of carbonyl (C=O) groups is 1. The van der Waals surface area contributed by atoms with Crippen molar-refractivity contribution >= 4 is 21.8 Å². The van der Waals surface area contributed by atoms with Gasteiger partial charge in [-0.25, -0.2) is 0 Å². The lowest BCUT2D eigenvalue weighted by molar-refractivity contribution is -0.129. The number of alkyl halides is 1. The van der Waals surface area contributed by atoms with Crippen LogP contribution in [0.3, 0.4) is 0 Å². The molecule has 0 aliphatic rings. The minimum absolute atomic E-state index is 0.176. The Hall–Kier alpha value is -0.830. The third kappa shape index (κ3) is 3.67. The maximum atomic E-state index is 11.6. The zero-order valence-electron chi connectivity index (χ0n) is 9.16. The SMILES string of the molecule is Cc1ccccc1CN(C)C(=O)CCBr. The molecule has 0 aromatic heterocycles. The highest BCUT2D eigenvalue weighted by atomic mass is 79.9. The van der Waals surface area contributed by atoms with E-state index in [2.05, 4.69) is 35.0 Å². The monoisotopic (exact) mass is 269 g/mol.